The number of H-pyrrole nitrogens is 1. The number of anilines is 1. The van der Waals surface area contributed by atoms with Gasteiger partial charge in [-0.15, -0.1) is 0 Å². The van der Waals surface area contributed by atoms with Crippen LogP contribution in [0, 0.1) is 11.6 Å². The van der Waals surface area contributed by atoms with Crippen molar-refractivity contribution in [3.8, 4) is 11.5 Å². The maximum Gasteiger partial charge on any atom is 0.252 e. The number of nitrogens with one attached hydrogen (secondary N) is 3. The second kappa shape index (κ2) is 8.58. The Morgan fingerprint density at radius 3 is 2.91 bits per heavy atom. The van der Waals surface area contributed by atoms with Crippen molar-refractivity contribution in [3.63, 3.8) is 0 Å². The van der Waals surface area contributed by atoms with Gasteiger partial charge in [-0.1, -0.05) is 0 Å². The quantitative estimate of drug-likeness (QED) is 0.421. The van der Waals surface area contributed by atoms with Crippen molar-refractivity contribution < 1.29 is 13.6 Å². The van der Waals surface area contributed by atoms with Crippen LogP contribution in [0.15, 0.2) is 35.3 Å². The van der Waals surface area contributed by atoms with Crippen LogP contribution in [0.1, 0.15) is 36.0 Å². The molecular formula is C21H19F2N7OS. The summed E-state index contributed by atoms with van der Waals surface area (Å²) in [6, 6.07) is 2.99. The number of nitrogens with zero attached hydrogens (tertiary/aromatic N) is 4. The van der Waals surface area contributed by atoms with E-state index in [1.54, 1.807) is 6.07 Å². The highest BCUT2D eigenvalue weighted by atomic mass is 32.1. The molecule has 0 bridgehead atoms. The van der Waals surface area contributed by atoms with Crippen molar-refractivity contribution in [3.05, 3.63) is 52.5 Å². The van der Waals surface area contributed by atoms with Crippen molar-refractivity contribution in [2.75, 3.05) is 5.32 Å². The maximum atomic E-state index is 14.5. The molecule has 1 aliphatic rings. The molecule has 164 valence electrons. The minimum Gasteiger partial charge on any atom is -0.365 e. The van der Waals surface area contributed by atoms with Crippen LogP contribution in [-0.2, 0) is 0 Å². The molecule has 5 rings (SSSR count). The van der Waals surface area contributed by atoms with Gasteiger partial charge in [-0.25, -0.2) is 23.7 Å². The normalized spacial score (nSPS) is 18.6. The molecule has 2 atom stereocenters. The number of hydrogen-bond acceptors (Lipinski definition) is 7. The Labute approximate surface area is 185 Å². The second-order valence-electron chi connectivity index (χ2n) is 7.70. The Balaban J connectivity index is 1.33. The van der Waals surface area contributed by atoms with E-state index < -0.39 is 11.6 Å². The van der Waals surface area contributed by atoms with E-state index in [2.05, 4.69) is 35.8 Å². The number of aromatic amines is 1. The molecule has 0 radical (unpaired) electrons. The van der Waals surface area contributed by atoms with Crippen LogP contribution in [0.5, 0.6) is 0 Å². The predicted molar refractivity (Wildman–Crippen MR) is 116 cm³/mol. The Kier molecular flexibility index (Phi) is 5.48. The molecule has 0 aliphatic heterocycles. The minimum atomic E-state index is -0.595. The van der Waals surface area contributed by atoms with Gasteiger partial charge in [-0.05, 0) is 43.2 Å². The third-order valence-electron chi connectivity index (χ3n) is 5.47. The number of carbonyl (C=O) groups is 1. The first-order valence-corrected chi connectivity index (χ1v) is 11.1. The Morgan fingerprint density at radius 2 is 2.06 bits per heavy atom. The molecule has 4 heterocycles. The summed E-state index contributed by atoms with van der Waals surface area (Å²) in [5.41, 5.74) is 1.33. The lowest BCUT2D eigenvalue weighted by Gasteiger charge is -2.30. The SMILES string of the molecule is O=C(NC1CCCC(Nc2nc(-c3n[nH]c4ncc(F)cc34)ncc2F)C1)c1ccsc1. The Bertz CT molecular complexity index is 1260. The standard InChI is InChI=1S/C21H19F2N7OS/c22-12-6-15-17(29-30-18(15)24-8-12)20-25-9-16(23)19(28-20)26-13-2-1-3-14(7-13)27-21(31)11-4-5-32-10-11/h4-6,8-10,13-14H,1-3,7H2,(H,27,31)(H,24,29,30)(H,25,26,28). The Morgan fingerprint density at radius 1 is 1.19 bits per heavy atom. The lowest BCUT2D eigenvalue weighted by Crippen LogP contribution is -2.41. The molecule has 2 unspecified atom stereocenters. The number of pyridine rings is 1. The van der Waals surface area contributed by atoms with Crippen LogP contribution in [0.2, 0.25) is 0 Å². The summed E-state index contributed by atoms with van der Waals surface area (Å²) in [6.45, 7) is 0. The molecule has 1 fully saturated rings. The van der Waals surface area contributed by atoms with E-state index in [-0.39, 0.29) is 29.6 Å². The molecule has 8 nitrogen and oxygen atoms in total. The van der Waals surface area contributed by atoms with E-state index in [1.807, 2.05) is 10.8 Å². The van der Waals surface area contributed by atoms with Gasteiger partial charge in [0.05, 0.1) is 17.8 Å². The molecular weight excluding hydrogens is 436 g/mol. The summed E-state index contributed by atoms with van der Waals surface area (Å²) in [4.78, 5) is 24.6. The second-order valence-corrected chi connectivity index (χ2v) is 8.48. The van der Waals surface area contributed by atoms with Gasteiger partial charge in [0, 0.05) is 23.0 Å². The van der Waals surface area contributed by atoms with Gasteiger partial charge < -0.3 is 10.6 Å². The average molecular weight is 455 g/mol. The average Bonchev–Trinajstić information content (AvgIpc) is 3.46. The molecule has 0 saturated heterocycles. The molecule has 3 N–H and O–H groups in total. The van der Waals surface area contributed by atoms with Crippen LogP contribution in [0.25, 0.3) is 22.6 Å². The topological polar surface area (TPSA) is 108 Å². The minimum absolute atomic E-state index is 0.0117. The van der Waals surface area contributed by atoms with Gasteiger partial charge in [-0.3, -0.25) is 9.89 Å². The fourth-order valence-corrected chi connectivity index (χ4v) is 4.57. The number of fused-ring (bicyclic) bond motifs is 1. The first kappa shape index (κ1) is 20.4. The molecule has 1 saturated carbocycles. The molecule has 0 aromatic carbocycles. The number of amides is 1. The third-order valence-corrected chi connectivity index (χ3v) is 6.16. The summed E-state index contributed by atoms with van der Waals surface area (Å²) in [5.74, 6) is -1.00. The van der Waals surface area contributed by atoms with E-state index in [9.17, 15) is 13.6 Å². The van der Waals surface area contributed by atoms with Gasteiger partial charge in [0.25, 0.3) is 5.91 Å². The molecule has 4 aromatic rings. The van der Waals surface area contributed by atoms with Crippen LogP contribution in [-0.4, -0.2) is 43.1 Å². The lowest BCUT2D eigenvalue weighted by atomic mass is 9.90. The van der Waals surface area contributed by atoms with Crippen molar-refractivity contribution in [1.29, 1.82) is 0 Å². The smallest absolute Gasteiger partial charge is 0.252 e. The van der Waals surface area contributed by atoms with Crippen molar-refractivity contribution in [1.82, 2.24) is 30.5 Å². The van der Waals surface area contributed by atoms with E-state index >= 15 is 0 Å². The van der Waals surface area contributed by atoms with Crippen LogP contribution in [0.3, 0.4) is 0 Å². The van der Waals surface area contributed by atoms with Gasteiger partial charge in [0.15, 0.2) is 23.1 Å². The van der Waals surface area contributed by atoms with Crippen LogP contribution >= 0.6 is 11.3 Å². The largest absolute Gasteiger partial charge is 0.365 e. The van der Waals surface area contributed by atoms with Crippen LogP contribution < -0.4 is 10.6 Å². The Hall–Kier alpha value is -3.47. The first-order valence-electron chi connectivity index (χ1n) is 10.2. The highest BCUT2D eigenvalue weighted by molar-refractivity contribution is 7.08. The monoisotopic (exact) mass is 455 g/mol. The lowest BCUT2D eigenvalue weighted by molar-refractivity contribution is 0.0927. The van der Waals surface area contributed by atoms with E-state index in [0.29, 0.717) is 28.7 Å². The highest BCUT2D eigenvalue weighted by Gasteiger charge is 2.25. The number of thiophene rings is 1. The molecule has 1 amide bonds. The number of aromatic nitrogens is 5. The van der Waals surface area contributed by atoms with Crippen LogP contribution in [0.4, 0.5) is 14.6 Å². The third kappa shape index (κ3) is 4.15. The van der Waals surface area contributed by atoms with E-state index in [0.717, 1.165) is 31.7 Å². The number of rotatable bonds is 5. The summed E-state index contributed by atoms with van der Waals surface area (Å²) in [7, 11) is 0. The first-order chi connectivity index (χ1) is 15.6. The van der Waals surface area contributed by atoms with Crippen molar-refractivity contribution >= 4 is 34.1 Å². The van der Waals surface area contributed by atoms with E-state index in [4.69, 9.17) is 0 Å². The van der Waals surface area contributed by atoms with Crippen molar-refractivity contribution in [2.24, 2.45) is 0 Å². The summed E-state index contributed by atoms with van der Waals surface area (Å²) < 4.78 is 28.1. The zero-order valence-corrected chi connectivity index (χ0v) is 17.6. The fraction of sp³-hybridized carbons (Fsp3) is 0.286. The molecule has 0 spiro atoms. The molecule has 1 aliphatic carbocycles. The van der Waals surface area contributed by atoms with Gasteiger partial charge in [0.2, 0.25) is 0 Å². The highest BCUT2D eigenvalue weighted by Crippen LogP contribution is 2.27. The number of halogens is 2. The molecule has 11 heteroatoms. The number of hydrogen-bond donors (Lipinski definition) is 3. The van der Waals surface area contributed by atoms with E-state index in [1.165, 1.54) is 17.4 Å². The van der Waals surface area contributed by atoms with Gasteiger partial charge in [-0.2, -0.15) is 16.4 Å². The summed E-state index contributed by atoms with van der Waals surface area (Å²) in [5, 5.41) is 17.1. The predicted octanol–water partition coefficient (Wildman–Crippen LogP) is 3.91. The van der Waals surface area contributed by atoms with Gasteiger partial charge >= 0.3 is 0 Å². The maximum absolute atomic E-state index is 14.5. The zero-order valence-electron chi connectivity index (χ0n) is 16.8. The number of carbonyl (C=O) groups excluding carboxylic acids is 1. The zero-order chi connectivity index (χ0) is 22.1. The van der Waals surface area contributed by atoms with Gasteiger partial charge in [0.1, 0.15) is 11.5 Å². The molecule has 4 aromatic heterocycles. The fourth-order valence-electron chi connectivity index (χ4n) is 3.94. The summed E-state index contributed by atoms with van der Waals surface area (Å²) >= 11 is 1.47. The molecule has 32 heavy (non-hydrogen) atoms. The summed E-state index contributed by atoms with van der Waals surface area (Å²) in [6.07, 6.45) is 5.37. The van der Waals surface area contributed by atoms with Crippen molar-refractivity contribution in [2.45, 2.75) is 37.8 Å².